The second-order valence-electron chi connectivity index (χ2n) is 5.19. The van der Waals surface area contributed by atoms with Gasteiger partial charge in [-0.2, -0.15) is 5.10 Å². The Labute approximate surface area is 127 Å². The maximum Gasteiger partial charge on any atom is 0.152 e. The van der Waals surface area contributed by atoms with Crippen LogP contribution in [0.25, 0.3) is 0 Å². The molecule has 0 unspecified atom stereocenters. The number of nitrogens with one attached hydrogen (secondary N) is 1. The van der Waals surface area contributed by atoms with Crippen molar-refractivity contribution >= 4 is 9.84 Å². The van der Waals surface area contributed by atoms with Crippen LogP contribution >= 0.6 is 0 Å². The van der Waals surface area contributed by atoms with Gasteiger partial charge in [-0.15, -0.1) is 0 Å². The predicted molar refractivity (Wildman–Crippen MR) is 84.2 cm³/mol. The summed E-state index contributed by atoms with van der Waals surface area (Å²) in [6, 6.07) is 0. The van der Waals surface area contributed by atoms with E-state index < -0.39 is 9.84 Å². The predicted octanol–water partition coefficient (Wildman–Crippen LogP) is 1.06. The van der Waals surface area contributed by atoms with E-state index in [2.05, 4.69) is 10.4 Å². The third-order valence-corrected chi connectivity index (χ3v) is 5.28. The van der Waals surface area contributed by atoms with Crippen molar-refractivity contribution in [2.45, 2.75) is 40.3 Å². The molecule has 1 N–H and O–H groups in total. The number of hydrogen-bond donors (Lipinski definition) is 1. The molecule has 0 fully saturated rings. The molecule has 1 heterocycles. The zero-order chi connectivity index (χ0) is 15.9. The van der Waals surface area contributed by atoms with Crippen molar-refractivity contribution in [3.8, 4) is 0 Å². The van der Waals surface area contributed by atoms with E-state index in [1.807, 2.05) is 20.8 Å². The molecule has 0 amide bonds. The second-order valence-corrected chi connectivity index (χ2v) is 7.50. The molecule has 7 heteroatoms. The average molecular weight is 317 g/mol. The highest BCUT2D eigenvalue weighted by atomic mass is 32.2. The summed E-state index contributed by atoms with van der Waals surface area (Å²) in [5.74, 6) is 0.400. The first kappa shape index (κ1) is 18.1. The SMILES string of the molecule is CCCS(=O)(=O)CCn1nc(C)c(CNCCOC)c1C. The van der Waals surface area contributed by atoms with Crippen LogP contribution in [0, 0.1) is 13.8 Å². The molecule has 1 aromatic rings. The Bertz CT molecular complexity index is 538. The molecule has 0 aliphatic rings. The first-order valence-corrected chi connectivity index (χ1v) is 9.16. The maximum absolute atomic E-state index is 11.8. The van der Waals surface area contributed by atoms with E-state index in [4.69, 9.17) is 4.74 Å². The Morgan fingerprint density at radius 2 is 2.00 bits per heavy atom. The third-order valence-electron chi connectivity index (χ3n) is 3.45. The van der Waals surface area contributed by atoms with Crippen LogP contribution in [0.3, 0.4) is 0 Å². The minimum Gasteiger partial charge on any atom is -0.383 e. The average Bonchev–Trinajstić information content (AvgIpc) is 2.68. The lowest BCUT2D eigenvalue weighted by molar-refractivity contribution is 0.199. The van der Waals surface area contributed by atoms with Crippen molar-refractivity contribution in [2.75, 3.05) is 31.8 Å². The fourth-order valence-electron chi connectivity index (χ4n) is 2.23. The van der Waals surface area contributed by atoms with Crippen LogP contribution in [-0.2, 0) is 27.7 Å². The van der Waals surface area contributed by atoms with Crippen molar-refractivity contribution in [3.05, 3.63) is 17.0 Å². The van der Waals surface area contributed by atoms with Gasteiger partial charge in [0.2, 0.25) is 0 Å². The van der Waals surface area contributed by atoms with Gasteiger partial charge in [-0.25, -0.2) is 8.42 Å². The summed E-state index contributed by atoms with van der Waals surface area (Å²) in [7, 11) is -1.29. The summed E-state index contributed by atoms with van der Waals surface area (Å²) < 4.78 is 30.4. The molecule has 0 bridgehead atoms. The number of sulfone groups is 1. The summed E-state index contributed by atoms with van der Waals surface area (Å²) in [6.07, 6.45) is 0.661. The largest absolute Gasteiger partial charge is 0.383 e. The highest BCUT2D eigenvalue weighted by molar-refractivity contribution is 7.91. The molecule has 0 aliphatic heterocycles. The number of methoxy groups -OCH3 is 1. The molecular formula is C14H27N3O3S. The molecule has 122 valence electrons. The molecule has 0 aliphatic carbocycles. The van der Waals surface area contributed by atoms with E-state index in [9.17, 15) is 8.42 Å². The standard InChI is InChI=1S/C14H27N3O3S/c1-5-9-21(18,19)10-7-17-13(3)14(12(2)16-17)11-15-6-8-20-4/h15H,5-11H2,1-4H3. The summed E-state index contributed by atoms with van der Waals surface area (Å²) in [6.45, 7) is 8.42. The van der Waals surface area contributed by atoms with Gasteiger partial charge in [0.25, 0.3) is 0 Å². The Morgan fingerprint density at radius 3 is 2.62 bits per heavy atom. The van der Waals surface area contributed by atoms with Gasteiger partial charge in [0, 0.05) is 37.2 Å². The van der Waals surface area contributed by atoms with Gasteiger partial charge in [0.15, 0.2) is 9.84 Å². The molecule has 6 nitrogen and oxygen atoms in total. The number of rotatable bonds is 10. The van der Waals surface area contributed by atoms with Crippen LogP contribution in [0.5, 0.6) is 0 Å². The van der Waals surface area contributed by atoms with Crippen molar-refractivity contribution in [3.63, 3.8) is 0 Å². The number of aryl methyl sites for hydroxylation is 2. The van der Waals surface area contributed by atoms with Crippen LogP contribution in [0.15, 0.2) is 0 Å². The first-order chi connectivity index (χ1) is 9.91. The summed E-state index contributed by atoms with van der Waals surface area (Å²) in [5.41, 5.74) is 3.12. The number of hydrogen-bond acceptors (Lipinski definition) is 5. The van der Waals surface area contributed by atoms with Gasteiger partial charge in [0.1, 0.15) is 0 Å². The minimum atomic E-state index is -2.97. The zero-order valence-electron chi connectivity index (χ0n) is 13.5. The number of ether oxygens (including phenoxy) is 1. The van der Waals surface area contributed by atoms with E-state index in [0.717, 1.165) is 30.0 Å². The quantitative estimate of drug-likeness (QED) is 0.653. The Hall–Kier alpha value is -0.920. The van der Waals surface area contributed by atoms with E-state index in [1.165, 1.54) is 0 Å². The lowest BCUT2D eigenvalue weighted by Crippen LogP contribution is -2.20. The van der Waals surface area contributed by atoms with Crippen LogP contribution in [0.1, 0.15) is 30.3 Å². The van der Waals surface area contributed by atoms with E-state index in [0.29, 0.717) is 19.6 Å². The van der Waals surface area contributed by atoms with Crippen molar-refractivity contribution < 1.29 is 13.2 Å². The van der Waals surface area contributed by atoms with Crippen LogP contribution in [0.2, 0.25) is 0 Å². The monoisotopic (exact) mass is 317 g/mol. The van der Waals surface area contributed by atoms with Gasteiger partial charge in [-0.05, 0) is 20.3 Å². The van der Waals surface area contributed by atoms with Crippen molar-refractivity contribution in [1.29, 1.82) is 0 Å². The molecule has 0 radical (unpaired) electrons. The Balaban J connectivity index is 2.64. The Morgan fingerprint density at radius 1 is 1.29 bits per heavy atom. The maximum atomic E-state index is 11.8. The van der Waals surface area contributed by atoms with Crippen molar-refractivity contribution in [2.24, 2.45) is 0 Å². The Kier molecular flexibility index (Phi) is 7.34. The van der Waals surface area contributed by atoms with Gasteiger partial charge in [0.05, 0.1) is 24.6 Å². The molecule has 0 aromatic carbocycles. The fourth-order valence-corrected chi connectivity index (χ4v) is 3.51. The van der Waals surface area contributed by atoms with Crippen LogP contribution in [-0.4, -0.2) is 50.0 Å². The molecule has 1 rings (SSSR count). The molecule has 0 spiro atoms. The van der Waals surface area contributed by atoms with Crippen molar-refractivity contribution in [1.82, 2.24) is 15.1 Å². The molecule has 0 saturated carbocycles. The van der Waals surface area contributed by atoms with Gasteiger partial charge in [-0.1, -0.05) is 6.92 Å². The smallest absolute Gasteiger partial charge is 0.152 e. The molecule has 1 aromatic heterocycles. The van der Waals surface area contributed by atoms with E-state index >= 15 is 0 Å². The third kappa shape index (κ3) is 5.76. The van der Waals surface area contributed by atoms with E-state index in [-0.39, 0.29) is 11.5 Å². The molecule has 0 saturated heterocycles. The molecular weight excluding hydrogens is 290 g/mol. The first-order valence-electron chi connectivity index (χ1n) is 7.34. The summed E-state index contributed by atoms with van der Waals surface area (Å²) >= 11 is 0. The highest BCUT2D eigenvalue weighted by Crippen LogP contribution is 2.13. The number of nitrogens with zero attached hydrogens (tertiary/aromatic N) is 2. The van der Waals surface area contributed by atoms with Gasteiger partial charge >= 0.3 is 0 Å². The topological polar surface area (TPSA) is 73.2 Å². The highest BCUT2D eigenvalue weighted by Gasteiger charge is 2.14. The lowest BCUT2D eigenvalue weighted by atomic mass is 10.2. The number of aromatic nitrogens is 2. The fraction of sp³-hybridized carbons (Fsp3) is 0.786. The molecule has 21 heavy (non-hydrogen) atoms. The zero-order valence-corrected chi connectivity index (χ0v) is 14.3. The molecule has 0 atom stereocenters. The minimum absolute atomic E-state index is 0.152. The van der Waals surface area contributed by atoms with Gasteiger partial charge < -0.3 is 10.1 Å². The van der Waals surface area contributed by atoms with Crippen LogP contribution < -0.4 is 5.32 Å². The van der Waals surface area contributed by atoms with Gasteiger partial charge in [-0.3, -0.25) is 4.68 Å². The second kappa shape index (κ2) is 8.51. The normalized spacial score (nSPS) is 12.0. The van der Waals surface area contributed by atoms with E-state index in [1.54, 1.807) is 11.8 Å². The summed E-state index contributed by atoms with van der Waals surface area (Å²) in [5, 5.41) is 7.75. The summed E-state index contributed by atoms with van der Waals surface area (Å²) in [4.78, 5) is 0. The lowest BCUT2D eigenvalue weighted by Gasteiger charge is -2.07. The van der Waals surface area contributed by atoms with Crippen LogP contribution in [0.4, 0.5) is 0 Å².